The maximum atomic E-state index is 11.0. The molecule has 1 fully saturated rings. The largest absolute Gasteiger partial charge is 0.478 e. The molecule has 5 heteroatoms. The Labute approximate surface area is 98.7 Å². The fraction of sp³-hybridized carbons (Fsp3) is 0.250. The van der Waals surface area contributed by atoms with Gasteiger partial charge in [-0.2, -0.15) is 0 Å². The van der Waals surface area contributed by atoms with E-state index in [0.717, 1.165) is 24.7 Å². The van der Waals surface area contributed by atoms with Gasteiger partial charge in [-0.3, -0.25) is 4.98 Å². The van der Waals surface area contributed by atoms with Crippen molar-refractivity contribution in [3.8, 4) is 0 Å². The van der Waals surface area contributed by atoms with Crippen molar-refractivity contribution in [2.75, 3.05) is 5.32 Å². The molecule has 0 aromatic carbocycles. The van der Waals surface area contributed by atoms with E-state index < -0.39 is 5.97 Å². The zero-order valence-corrected chi connectivity index (χ0v) is 9.18. The van der Waals surface area contributed by atoms with E-state index in [1.165, 1.54) is 0 Å². The van der Waals surface area contributed by atoms with Gasteiger partial charge in [0.2, 0.25) is 0 Å². The van der Waals surface area contributed by atoms with Gasteiger partial charge in [0.05, 0.1) is 17.5 Å². The summed E-state index contributed by atoms with van der Waals surface area (Å²) in [6.45, 7) is 0. The summed E-state index contributed by atoms with van der Waals surface area (Å²) < 4.78 is 0. The normalized spacial score (nSPS) is 16.0. The summed E-state index contributed by atoms with van der Waals surface area (Å²) in [5.74, 6) is -0.846. The SMILES string of the molecule is N=C/C(C(=O)O)=C(\Nc1cccnc1)C1CC1. The molecule has 1 saturated carbocycles. The first-order valence-electron chi connectivity index (χ1n) is 5.37. The maximum absolute atomic E-state index is 11.0. The van der Waals surface area contributed by atoms with Crippen LogP contribution in [0.4, 0.5) is 5.69 Å². The molecule has 1 aromatic heterocycles. The van der Waals surface area contributed by atoms with E-state index in [9.17, 15) is 4.79 Å². The number of aliphatic carboxylic acids is 1. The van der Waals surface area contributed by atoms with Crippen LogP contribution >= 0.6 is 0 Å². The van der Waals surface area contributed by atoms with Crippen LogP contribution < -0.4 is 5.32 Å². The van der Waals surface area contributed by atoms with Gasteiger partial charge in [0, 0.05) is 18.1 Å². The second-order valence-electron chi connectivity index (χ2n) is 3.92. The lowest BCUT2D eigenvalue weighted by molar-refractivity contribution is -0.132. The van der Waals surface area contributed by atoms with Gasteiger partial charge in [-0.05, 0) is 30.9 Å². The van der Waals surface area contributed by atoms with Gasteiger partial charge in [-0.25, -0.2) is 4.79 Å². The first-order valence-corrected chi connectivity index (χ1v) is 5.37. The topological polar surface area (TPSA) is 86.1 Å². The van der Waals surface area contributed by atoms with Crippen molar-refractivity contribution in [3.05, 3.63) is 35.8 Å². The van der Waals surface area contributed by atoms with Crippen LogP contribution in [0, 0.1) is 11.3 Å². The van der Waals surface area contributed by atoms with Gasteiger partial charge in [0.1, 0.15) is 0 Å². The van der Waals surface area contributed by atoms with E-state index >= 15 is 0 Å². The summed E-state index contributed by atoms with van der Waals surface area (Å²) in [6, 6.07) is 3.59. The Kier molecular flexibility index (Phi) is 3.18. The molecule has 0 bridgehead atoms. The molecule has 1 heterocycles. The fourth-order valence-electron chi connectivity index (χ4n) is 1.61. The molecular formula is C12H13N3O2. The van der Waals surface area contributed by atoms with Gasteiger partial charge in [-0.15, -0.1) is 0 Å². The zero-order chi connectivity index (χ0) is 12.3. The highest BCUT2D eigenvalue weighted by Crippen LogP contribution is 2.38. The van der Waals surface area contributed by atoms with Crippen LogP contribution in [-0.4, -0.2) is 22.3 Å². The number of carboxylic acid groups (broad SMARTS) is 1. The van der Waals surface area contributed by atoms with Crippen molar-refractivity contribution in [3.63, 3.8) is 0 Å². The third-order valence-electron chi connectivity index (χ3n) is 2.59. The molecule has 0 amide bonds. The first kappa shape index (κ1) is 11.3. The Morgan fingerprint density at radius 3 is 2.82 bits per heavy atom. The maximum Gasteiger partial charge on any atom is 0.339 e. The van der Waals surface area contributed by atoms with Crippen LogP contribution in [0.25, 0.3) is 0 Å². The lowest BCUT2D eigenvalue weighted by Crippen LogP contribution is -2.13. The van der Waals surface area contributed by atoms with Crippen molar-refractivity contribution in [1.82, 2.24) is 4.98 Å². The van der Waals surface area contributed by atoms with E-state index in [1.54, 1.807) is 18.5 Å². The average molecular weight is 231 g/mol. The lowest BCUT2D eigenvalue weighted by Gasteiger charge is -2.11. The molecule has 3 N–H and O–H groups in total. The van der Waals surface area contributed by atoms with Crippen molar-refractivity contribution in [2.24, 2.45) is 5.92 Å². The molecule has 0 saturated heterocycles. The molecule has 0 spiro atoms. The smallest absolute Gasteiger partial charge is 0.339 e. The Morgan fingerprint density at radius 2 is 2.35 bits per heavy atom. The second kappa shape index (κ2) is 4.78. The van der Waals surface area contributed by atoms with Gasteiger partial charge in [0.25, 0.3) is 0 Å². The van der Waals surface area contributed by atoms with Crippen LogP contribution in [-0.2, 0) is 4.79 Å². The summed E-state index contributed by atoms with van der Waals surface area (Å²) in [4.78, 5) is 15.0. The van der Waals surface area contributed by atoms with E-state index in [4.69, 9.17) is 10.5 Å². The molecule has 2 rings (SSSR count). The van der Waals surface area contributed by atoms with Crippen molar-refractivity contribution >= 4 is 17.9 Å². The predicted molar refractivity (Wildman–Crippen MR) is 64.0 cm³/mol. The highest BCUT2D eigenvalue weighted by atomic mass is 16.4. The monoisotopic (exact) mass is 231 g/mol. The Bertz CT molecular complexity index is 464. The van der Waals surface area contributed by atoms with Gasteiger partial charge < -0.3 is 15.8 Å². The number of carbonyl (C=O) groups is 1. The second-order valence-corrected chi connectivity index (χ2v) is 3.92. The zero-order valence-electron chi connectivity index (χ0n) is 9.18. The number of rotatable bonds is 5. The number of pyridine rings is 1. The molecule has 1 aromatic rings. The number of allylic oxidation sites excluding steroid dienone is 1. The number of anilines is 1. The van der Waals surface area contributed by atoms with Gasteiger partial charge in [0.15, 0.2) is 0 Å². The van der Waals surface area contributed by atoms with E-state index in [0.29, 0.717) is 5.70 Å². The fourth-order valence-corrected chi connectivity index (χ4v) is 1.61. The lowest BCUT2D eigenvalue weighted by atomic mass is 10.1. The molecule has 17 heavy (non-hydrogen) atoms. The number of aromatic nitrogens is 1. The molecule has 5 nitrogen and oxygen atoms in total. The molecular weight excluding hydrogens is 218 g/mol. The highest BCUT2D eigenvalue weighted by molar-refractivity contribution is 6.08. The van der Waals surface area contributed by atoms with Crippen LogP contribution in [0.5, 0.6) is 0 Å². The molecule has 0 atom stereocenters. The third-order valence-corrected chi connectivity index (χ3v) is 2.59. The van der Waals surface area contributed by atoms with Crippen LogP contribution in [0.1, 0.15) is 12.8 Å². The van der Waals surface area contributed by atoms with E-state index in [-0.39, 0.29) is 11.5 Å². The molecule has 0 aliphatic heterocycles. The minimum atomic E-state index is -1.07. The number of nitrogens with zero attached hydrogens (tertiary/aromatic N) is 1. The summed E-state index contributed by atoms with van der Waals surface area (Å²) in [5, 5.41) is 19.3. The predicted octanol–water partition coefficient (Wildman–Crippen LogP) is 1.89. The van der Waals surface area contributed by atoms with Gasteiger partial charge in [-0.1, -0.05) is 0 Å². The Hall–Kier alpha value is -2.17. The molecule has 1 aliphatic rings. The standard InChI is InChI=1S/C12H13N3O2/c13-6-10(12(16)17)11(8-3-4-8)15-9-2-1-5-14-7-9/h1-2,5-8,13,15H,3-4H2,(H,16,17)/b11-10+,13-6?. The van der Waals surface area contributed by atoms with E-state index in [2.05, 4.69) is 10.3 Å². The van der Waals surface area contributed by atoms with Crippen molar-refractivity contribution < 1.29 is 9.90 Å². The number of nitrogens with one attached hydrogen (secondary N) is 2. The van der Waals surface area contributed by atoms with Gasteiger partial charge >= 0.3 is 5.97 Å². The van der Waals surface area contributed by atoms with Crippen LogP contribution in [0.3, 0.4) is 0 Å². The van der Waals surface area contributed by atoms with Crippen LogP contribution in [0.15, 0.2) is 35.8 Å². The molecule has 0 unspecified atom stereocenters. The van der Waals surface area contributed by atoms with Crippen molar-refractivity contribution in [2.45, 2.75) is 12.8 Å². The Balaban J connectivity index is 2.30. The summed E-state index contributed by atoms with van der Waals surface area (Å²) in [7, 11) is 0. The number of hydrogen-bond acceptors (Lipinski definition) is 4. The molecule has 88 valence electrons. The summed E-state index contributed by atoms with van der Waals surface area (Å²) in [5.41, 5.74) is 1.38. The third kappa shape index (κ3) is 2.69. The number of hydrogen-bond donors (Lipinski definition) is 3. The molecule has 1 aliphatic carbocycles. The summed E-state index contributed by atoms with van der Waals surface area (Å²) >= 11 is 0. The van der Waals surface area contributed by atoms with E-state index in [1.807, 2.05) is 6.07 Å². The van der Waals surface area contributed by atoms with Crippen LogP contribution in [0.2, 0.25) is 0 Å². The highest BCUT2D eigenvalue weighted by Gasteiger charge is 2.30. The average Bonchev–Trinajstić information content (AvgIpc) is 3.13. The quantitative estimate of drug-likeness (QED) is 0.533. The Morgan fingerprint density at radius 1 is 1.59 bits per heavy atom. The molecule has 0 radical (unpaired) electrons. The summed E-state index contributed by atoms with van der Waals surface area (Å²) in [6.07, 6.45) is 6.10. The number of carboxylic acids is 1. The minimum Gasteiger partial charge on any atom is -0.478 e. The van der Waals surface area contributed by atoms with Crippen molar-refractivity contribution in [1.29, 1.82) is 5.41 Å². The first-order chi connectivity index (χ1) is 8.22. The minimum absolute atomic E-state index is 0.0244.